The molecule has 0 amide bonds. The van der Waals surface area contributed by atoms with Crippen LogP contribution in [0.5, 0.6) is 0 Å². The third-order valence-corrected chi connectivity index (χ3v) is 6.61. The summed E-state index contributed by atoms with van der Waals surface area (Å²) in [6, 6.07) is 6.87. The normalized spacial score (nSPS) is 26.3. The Kier molecular flexibility index (Phi) is 5.89. The molecule has 0 N–H and O–H groups in total. The van der Waals surface area contributed by atoms with Crippen molar-refractivity contribution in [3.63, 3.8) is 0 Å². The number of aryl methyl sites for hydroxylation is 1. The van der Waals surface area contributed by atoms with Crippen LogP contribution in [0.1, 0.15) is 82.4 Å². The number of carbonyl (C=O) groups is 1. The fourth-order valence-electron chi connectivity index (χ4n) is 4.93. The number of allylic oxidation sites excluding steroid dienone is 2. The van der Waals surface area contributed by atoms with Gasteiger partial charge in [-0.3, -0.25) is 4.79 Å². The monoisotopic (exact) mass is 354 g/mol. The lowest BCUT2D eigenvalue weighted by molar-refractivity contribution is -0.133. The van der Waals surface area contributed by atoms with Crippen LogP contribution in [0.15, 0.2) is 23.8 Å². The summed E-state index contributed by atoms with van der Waals surface area (Å²) in [6.07, 6.45) is 9.13. The highest BCUT2D eigenvalue weighted by Crippen LogP contribution is 2.49. The van der Waals surface area contributed by atoms with E-state index >= 15 is 0 Å². The fourth-order valence-corrected chi connectivity index (χ4v) is 4.93. The number of hydrogen-bond donors (Lipinski definition) is 0. The predicted molar refractivity (Wildman–Crippen MR) is 108 cm³/mol. The molecule has 0 aromatic heterocycles. The molecule has 2 atom stereocenters. The molecule has 1 aromatic rings. The van der Waals surface area contributed by atoms with Crippen LogP contribution in [0, 0.1) is 18.3 Å². The summed E-state index contributed by atoms with van der Waals surface area (Å²) in [5.41, 5.74) is 7.71. The van der Waals surface area contributed by atoms with E-state index in [-0.39, 0.29) is 6.10 Å². The van der Waals surface area contributed by atoms with Crippen molar-refractivity contribution in [2.24, 2.45) is 11.3 Å². The lowest BCUT2D eigenvalue weighted by Crippen LogP contribution is -2.17. The number of ether oxygens (including phenoxy) is 1. The standard InChI is InChI=1S/C24H34O2/c1-17-6-5-7-23-22(12-13-24(23,3)4)21-11-9-19(14-18(21)2)15-20(10-8-17)26-16-25/h9,11,14,16-17,20H,5-8,10,12-13,15H2,1-4H3/t17-,20-/m0/s1. The molecular weight excluding hydrogens is 320 g/mol. The average molecular weight is 355 g/mol. The smallest absolute Gasteiger partial charge is 0.293 e. The lowest BCUT2D eigenvalue weighted by atomic mass is 9.81. The highest BCUT2D eigenvalue weighted by Gasteiger charge is 2.33. The van der Waals surface area contributed by atoms with Crippen LogP contribution >= 0.6 is 0 Å². The number of benzene rings is 1. The molecule has 0 saturated heterocycles. The Morgan fingerprint density at radius 2 is 1.96 bits per heavy atom. The van der Waals surface area contributed by atoms with Crippen LogP contribution in [0.3, 0.4) is 0 Å². The van der Waals surface area contributed by atoms with E-state index in [0.29, 0.717) is 17.8 Å². The van der Waals surface area contributed by atoms with Crippen molar-refractivity contribution >= 4 is 12.0 Å². The van der Waals surface area contributed by atoms with Gasteiger partial charge in [-0.2, -0.15) is 0 Å². The molecule has 0 radical (unpaired) electrons. The summed E-state index contributed by atoms with van der Waals surface area (Å²) in [4.78, 5) is 10.9. The van der Waals surface area contributed by atoms with Crippen LogP contribution in [-0.4, -0.2) is 12.6 Å². The van der Waals surface area contributed by atoms with Gasteiger partial charge in [0.05, 0.1) is 0 Å². The van der Waals surface area contributed by atoms with E-state index < -0.39 is 0 Å². The topological polar surface area (TPSA) is 26.3 Å². The Morgan fingerprint density at radius 3 is 2.69 bits per heavy atom. The highest BCUT2D eigenvalue weighted by atomic mass is 16.5. The van der Waals surface area contributed by atoms with Crippen molar-refractivity contribution in [3.05, 3.63) is 40.5 Å². The van der Waals surface area contributed by atoms with Gasteiger partial charge >= 0.3 is 0 Å². The Hall–Kier alpha value is -1.57. The van der Waals surface area contributed by atoms with Gasteiger partial charge in [0.25, 0.3) is 6.47 Å². The Labute approximate surface area is 159 Å². The number of carbonyl (C=O) groups excluding carboxylic acids is 1. The van der Waals surface area contributed by atoms with Crippen molar-refractivity contribution < 1.29 is 9.53 Å². The van der Waals surface area contributed by atoms with Gasteiger partial charge in [-0.15, -0.1) is 0 Å². The van der Waals surface area contributed by atoms with Crippen LogP contribution < -0.4 is 0 Å². The summed E-state index contributed by atoms with van der Waals surface area (Å²) >= 11 is 0. The maximum Gasteiger partial charge on any atom is 0.293 e. The van der Waals surface area contributed by atoms with E-state index in [1.165, 1.54) is 48.8 Å². The van der Waals surface area contributed by atoms with Crippen LogP contribution in [-0.2, 0) is 16.0 Å². The molecule has 0 heterocycles. The molecule has 26 heavy (non-hydrogen) atoms. The molecule has 0 spiro atoms. The van der Waals surface area contributed by atoms with E-state index in [9.17, 15) is 4.79 Å². The third kappa shape index (κ3) is 4.22. The SMILES string of the molecule is Cc1cc2ccc1C1=C(CCC[C@H](C)CC[C@H](OC=O)C2)C(C)(C)CC1. The van der Waals surface area contributed by atoms with Crippen LogP contribution in [0.2, 0.25) is 0 Å². The molecule has 0 aliphatic heterocycles. The zero-order chi connectivity index (χ0) is 18.7. The van der Waals surface area contributed by atoms with Crippen molar-refractivity contribution in [2.75, 3.05) is 0 Å². The molecule has 0 saturated carbocycles. The average Bonchev–Trinajstić information content (AvgIpc) is 2.87. The summed E-state index contributed by atoms with van der Waals surface area (Å²) in [7, 11) is 0. The quantitative estimate of drug-likeness (QED) is 0.586. The minimum atomic E-state index is 0.00308. The van der Waals surface area contributed by atoms with Gasteiger partial charge in [-0.1, -0.05) is 51.0 Å². The minimum Gasteiger partial charge on any atom is -0.464 e. The first-order valence-corrected chi connectivity index (χ1v) is 10.3. The molecular formula is C24H34O2. The molecule has 142 valence electrons. The van der Waals surface area contributed by atoms with Crippen molar-refractivity contribution in [3.8, 4) is 0 Å². The first-order chi connectivity index (χ1) is 12.4. The third-order valence-electron chi connectivity index (χ3n) is 6.61. The predicted octanol–water partition coefficient (Wildman–Crippen LogP) is 6.25. The molecule has 2 heteroatoms. The first-order valence-electron chi connectivity index (χ1n) is 10.3. The van der Waals surface area contributed by atoms with E-state index in [0.717, 1.165) is 19.3 Å². The molecule has 3 aliphatic rings. The maximum absolute atomic E-state index is 10.9. The van der Waals surface area contributed by atoms with Gasteiger partial charge in [0.1, 0.15) is 6.10 Å². The van der Waals surface area contributed by atoms with Crippen LogP contribution in [0.25, 0.3) is 5.57 Å². The van der Waals surface area contributed by atoms with Crippen molar-refractivity contribution in [2.45, 2.75) is 85.2 Å². The Balaban J connectivity index is 1.98. The fraction of sp³-hybridized carbons (Fsp3) is 0.625. The van der Waals surface area contributed by atoms with Gasteiger partial charge < -0.3 is 4.74 Å². The summed E-state index contributed by atoms with van der Waals surface area (Å²) in [5, 5.41) is 0. The zero-order valence-corrected chi connectivity index (χ0v) is 16.9. The van der Waals surface area contributed by atoms with Crippen molar-refractivity contribution in [1.29, 1.82) is 0 Å². The molecule has 0 unspecified atom stereocenters. The molecule has 1 aromatic carbocycles. The summed E-state index contributed by atoms with van der Waals surface area (Å²) in [5.74, 6) is 0.687. The van der Waals surface area contributed by atoms with Crippen LogP contribution in [0.4, 0.5) is 0 Å². The lowest BCUT2D eigenvalue weighted by Gasteiger charge is -2.25. The zero-order valence-electron chi connectivity index (χ0n) is 16.9. The van der Waals surface area contributed by atoms with Gasteiger partial charge in [0, 0.05) is 6.42 Å². The molecule has 2 nitrogen and oxygen atoms in total. The second kappa shape index (κ2) is 7.98. The Bertz CT molecular complexity index is 683. The molecule has 2 bridgehead atoms. The first kappa shape index (κ1) is 19.2. The second-order valence-corrected chi connectivity index (χ2v) is 9.12. The maximum atomic E-state index is 10.9. The van der Waals surface area contributed by atoms with Gasteiger partial charge in [-0.25, -0.2) is 0 Å². The second-order valence-electron chi connectivity index (χ2n) is 9.12. The van der Waals surface area contributed by atoms with Gasteiger partial charge in [0.2, 0.25) is 0 Å². The van der Waals surface area contributed by atoms with Gasteiger partial charge in [-0.05, 0) is 79.0 Å². The van der Waals surface area contributed by atoms with E-state index in [1.807, 2.05) is 0 Å². The van der Waals surface area contributed by atoms with E-state index in [1.54, 1.807) is 11.1 Å². The van der Waals surface area contributed by atoms with Crippen molar-refractivity contribution in [1.82, 2.24) is 0 Å². The number of hydrogen-bond acceptors (Lipinski definition) is 2. The largest absolute Gasteiger partial charge is 0.464 e. The Morgan fingerprint density at radius 1 is 1.15 bits per heavy atom. The van der Waals surface area contributed by atoms with E-state index in [2.05, 4.69) is 45.9 Å². The summed E-state index contributed by atoms with van der Waals surface area (Å²) < 4.78 is 5.39. The van der Waals surface area contributed by atoms with E-state index in [4.69, 9.17) is 4.74 Å². The minimum absolute atomic E-state index is 0.00308. The number of fused-ring (bicyclic) bond motifs is 9. The van der Waals surface area contributed by atoms with Gasteiger partial charge in [0.15, 0.2) is 0 Å². The highest BCUT2D eigenvalue weighted by molar-refractivity contribution is 5.74. The number of rotatable bonds is 2. The molecule has 0 fully saturated rings. The molecule has 3 aliphatic carbocycles. The molecule has 4 rings (SSSR count). The summed E-state index contributed by atoms with van der Waals surface area (Å²) in [6.45, 7) is 10.0.